The fraction of sp³-hybridized carbons (Fsp3) is 0.935. The largest absolute Gasteiger partial charge is 0.0769 e. The van der Waals surface area contributed by atoms with E-state index in [1.54, 1.807) is 5.57 Å². The van der Waals surface area contributed by atoms with E-state index < -0.39 is 0 Å². The van der Waals surface area contributed by atoms with E-state index in [0.717, 1.165) is 29.6 Å². The van der Waals surface area contributed by atoms with Crippen molar-refractivity contribution in [1.29, 1.82) is 0 Å². The second-order valence-corrected chi connectivity index (χ2v) is 15.2. The highest BCUT2D eigenvalue weighted by Gasteiger charge is 2.70. The summed E-state index contributed by atoms with van der Waals surface area (Å²) in [6.07, 6.45) is 14.8. The lowest BCUT2D eigenvalue weighted by Crippen LogP contribution is -2.66. The maximum Gasteiger partial charge on any atom is -0.0144 e. The highest BCUT2D eigenvalue weighted by molar-refractivity contribution is 5.27. The van der Waals surface area contributed by atoms with Crippen molar-refractivity contribution in [3.63, 3.8) is 0 Å². The number of hydrogen-bond acceptors (Lipinski definition) is 0. The fourth-order valence-electron chi connectivity index (χ4n) is 12.4. The molecule has 0 heterocycles. The van der Waals surface area contributed by atoms with Crippen LogP contribution in [0.1, 0.15) is 127 Å². The van der Waals surface area contributed by atoms with Gasteiger partial charge in [-0.25, -0.2) is 0 Å². The molecule has 0 aliphatic heterocycles. The van der Waals surface area contributed by atoms with Crippen molar-refractivity contribution in [3.05, 3.63) is 11.1 Å². The Morgan fingerprint density at radius 1 is 0.677 bits per heavy atom. The van der Waals surface area contributed by atoms with Crippen LogP contribution in [0.3, 0.4) is 0 Å². The van der Waals surface area contributed by atoms with Gasteiger partial charge in [0.1, 0.15) is 0 Å². The molecule has 0 radical (unpaired) electrons. The van der Waals surface area contributed by atoms with Gasteiger partial charge in [0, 0.05) is 0 Å². The Kier molecular flexibility index (Phi) is 4.84. The van der Waals surface area contributed by atoms with Gasteiger partial charge in [-0.3, -0.25) is 0 Å². The minimum atomic E-state index is 0.527. The highest BCUT2D eigenvalue weighted by Crippen LogP contribution is 2.78. The molecule has 5 rings (SSSR count). The first-order valence-electron chi connectivity index (χ1n) is 14.0. The van der Waals surface area contributed by atoms with E-state index >= 15 is 0 Å². The minimum absolute atomic E-state index is 0.527. The van der Waals surface area contributed by atoms with Gasteiger partial charge < -0.3 is 0 Å². The van der Waals surface area contributed by atoms with Gasteiger partial charge in [-0.1, -0.05) is 59.6 Å². The molecule has 0 aromatic carbocycles. The summed E-state index contributed by atoms with van der Waals surface area (Å²) in [5, 5.41) is 0. The van der Waals surface area contributed by atoms with Crippen molar-refractivity contribution in [2.45, 2.75) is 127 Å². The molecule has 0 aromatic heterocycles. The predicted octanol–water partition coefficient (Wildman–Crippen LogP) is 9.44. The van der Waals surface area contributed by atoms with E-state index in [2.05, 4.69) is 62.3 Å². The number of allylic oxidation sites excluding steroid dienone is 2. The molecule has 5 saturated carbocycles. The summed E-state index contributed by atoms with van der Waals surface area (Å²) in [6, 6.07) is 0. The molecule has 0 spiro atoms. The van der Waals surface area contributed by atoms with E-state index in [9.17, 15) is 0 Å². The first-order chi connectivity index (χ1) is 14.3. The zero-order valence-corrected chi connectivity index (χ0v) is 22.5. The van der Waals surface area contributed by atoms with Crippen LogP contribution >= 0.6 is 0 Å². The molecular weight excluding hydrogens is 372 g/mol. The second kappa shape index (κ2) is 6.66. The first-order valence-corrected chi connectivity index (χ1v) is 14.0. The highest BCUT2D eigenvalue weighted by atomic mass is 14.7. The summed E-state index contributed by atoms with van der Waals surface area (Å²) in [6.45, 7) is 23.7. The quantitative estimate of drug-likeness (QED) is 0.340. The van der Waals surface area contributed by atoms with Crippen LogP contribution in [0.25, 0.3) is 0 Å². The summed E-state index contributed by atoms with van der Waals surface area (Å²) in [7, 11) is 0. The zero-order valence-electron chi connectivity index (χ0n) is 22.5. The maximum absolute atomic E-state index is 2.80. The first kappa shape index (κ1) is 22.5. The molecular formula is C31H52. The van der Waals surface area contributed by atoms with Crippen molar-refractivity contribution in [2.75, 3.05) is 0 Å². The lowest BCUT2D eigenvalue weighted by molar-refractivity contribution is -0.242. The Hall–Kier alpha value is -0.260. The Bertz CT molecular complexity index is 782. The number of hydrogen-bond donors (Lipinski definition) is 0. The molecule has 0 bridgehead atoms. The van der Waals surface area contributed by atoms with Gasteiger partial charge >= 0.3 is 0 Å². The van der Waals surface area contributed by atoms with E-state index in [4.69, 9.17) is 0 Å². The topological polar surface area (TPSA) is 0 Å². The number of rotatable bonds is 0. The van der Waals surface area contributed by atoms with Gasteiger partial charge in [-0.05, 0) is 135 Å². The molecule has 0 N–H and O–H groups in total. The number of fused-ring (bicyclic) bond motifs is 7. The van der Waals surface area contributed by atoms with E-state index in [1.807, 2.05) is 5.57 Å². The van der Waals surface area contributed by atoms with Crippen molar-refractivity contribution < 1.29 is 0 Å². The van der Waals surface area contributed by atoms with Crippen LogP contribution in [-0.4, -0.2) is 0 Å². The summed E-state index contributed by atoms with van der Waals surface area (Å²) in [5.41, 5.74) is 6.22. The minimum Gasteiger partial charge on any atom is -0.0769 e. The Morgan fingerprint density at radius 2 is 1.26 bits per heavy atom. The lowest BCUT2D eigenvalue weighted by Gasteiger charge is -2.73. The van der Waals surface area contributed by atoms with Crippen LogP contribution in [0.4, 0.5) is 0 Å². The summed E-state index contributed by atoms with van der Waals surface area (Å²) < 4.78 is 0. The van der Waals surface area contributed by atoms with Crippen LogP contribution in [0, 0.1) is 56.7 Å². The maximum atomic E-state index is 2.80. The summed E-state index contributed by atoms with van der Waals surface area (Å²) in [4.78, 5) is 0. The van der Waals surface area contributed by atoms with Gasteiger partial charge in [-0.2, -0.15) is 0 Å². The van der Waals surface area contributed by atoms with Crippen molar-refractivity contribution in [3.8, 4) is 0 Å². The Labute approximate surface area is 194 Å². The lowest BCUT2D eigenvalue weighted by atomic mass is 9.31. The zero-order chi connectivity index (χ0) is 22.6. The van der Waals surface area contributed by atoms with Gasteiger partial charge in [-0.15, -0.1) is 0 Å². The molecule has 176 valence electrons. The van der Waals surface area contributed by atoms with Gasteiger partial charge in [0.05, 0.1) is 0 Å². The molecule has 0 amide bonds. The summed E-state index contributed by atoms with van der Waals surface area (Å²) >= 11 is 0. The van der Waals surface area contributed by atoms with Gasteiger partial charge in [0.2, 0.25) is 0 Å². The Balaban J connectivity index is 1.55. The SMILES string of the molecule is CC(C)=C1CC[C@]2(C)[C@H]3CC[C@@H]4[C@@]5(C)C[C@H](C)CC(C)(C)[C@@H]5CC[C@@]4(C)[C@]3(C)CC[C@@H]12. The molecule has 5 aliphatic rings. The predicted molar refractivity (Wildman–Crippen MR) is 134 cm³/mol. The second-order valence-electron chi connectivity index (χ2n) is 15.2. The molecule has 0 unspecified atom stereocenters. The van der Waals surface area contributed by atoms with Crippen molar-refractivity contribution in [1.82, 2.24) is 0 Å². The van der Waals surface area contributed by atoms with E-state index in [0.29, 0.717) is 27.1 Å². The normalized spacial score (nSPS) is 55.6. The monoisotopic (exact) mass is 424 g/mol. The van der Waals surface area contributed by atoms with E-state index in [-0.39, 0.29) is 0 Å². The molecule has 9 atom stereocenters. The molecule has 0 heteroatoms. The molecule has 5 fully saturated rings. The third-order valence-corrected chi connectivity index (χ3v) is 13.3. The van der Waals surface area contributed by atoms with Crippen LogP contribution < -0.4 is 0 Å². The van der Waals surface area contributed by atoms with Gasteiger partial charge in [0.15, 0.2) is 0 Å². The van der Waals surface area contributed by atoms with Crippen molar-refractivity contribution in [2.24, 2.45) is 56.7 Å². The van der Waals surface area contributed by atoms with Crippen LogP contribution in [0.15, 0.2) is 11.1 Å². The van der Waals surface area contributed by atoms with Gasteiger partial charge in [0.25, 0.3) is 0 Å². The van der Waals surface area contributed by atoms with Crippen molar-refractivity contribution >= 4 is 0 Å². The Morgan fingerprint density at radius 3 is 1.87 bits per heavy atom. The molecule has 31 heavy (non-hydrogen) atoms. The summed E-state index contributed by atoms with van der Waals surface area (Å²) in [5.74, 6) is 4.59. The standard InChI is InChI=1S/C31H52/c1-20(2)22-12-15-28(6)23(22)13-16-30(8)25(28)10-11-26-29(7)19-21(3)18-27(4,5)24(29)14-17-31(26,30)9/h21,23-26H,10-19H2,1-9H3/t21-,23+,24+,25-,26-,28+,29+,30-,31-/m1/s1. The molecule has 0 saturated heterocycles. The third-order valence-electron chi connectivity index (χ3n) is 13.3. The fourth-order valence-corrected chi connectivity index (χ4v) is 12.4. The molecule has 0 aromatic rings. The average molecular weight is 425 g/mol. The van der Waals surface area contributed by atoms with E-state index in [1.165, 1.54) is 64.2 Å². The van der Waals surface area contributed by atoms with Crippen LogP contribution in [-0.2, 0) is 0 Å². The van der Waals surface area contributed by atoms with Crippen LogP contribution in [0.2, 0.25) is 0 Å². The van der Waals surface area contributed by atoms with Crippen LogP contribution in [0.5, 0.6) is 0 Å². The molecule has 5 aliphatic carbocycles. The smallest absolute Gasteiger partial charge is 0.0144 e. The third kappa shape index (κ3) is 2.72. The molecule has 0 nitrogen and oxygen atoms in total. The average Bonchev–Trinajstić information content (AvgIpc) is 2.98.